The minimum Gasteiger partial charge on any atom is -0.258 e. The zero-order chi connectivity index (χ0) is 14.8. The lowest BCUT2D eigenvalue weighted by Gasteiger charge is -2.09. The van der Waals surface area contributed by atoms with Gasteiger partial charge in [-0.15, -0.1) is 0 Å². The van der Waals surface area contributed by atoms with Gasteiger partial charge in [-0.2, -0.15) is 13.2 Å². The first-order valence-electron chi connectivity index (χ1n) is 5.32. The fraction of sp³-hybridized carbons (Fsp3) is 0.0833. The Kier molecular flexibility index (Phi) is 3.93. The molecule has 104 valence electrons. The molecule has 1 aromatic carbocycles. The van der Waals surface area contributed by atoms with Crippen LogP contribution in [0.4, 0.5) is 18.9 Å². The molecule has 1 aromatic heterocycles. The van der Waals surface area contributed by atoms with Crippen molar-refractivity contribution in [3.8, 4) is 0 Å². The van der Waals surface area contributed by atoms with Crippen LogP contribution in [0.1, 0.15) is 5.56 Å². The van der Waals surface area contributed by atoms with Crippen LogP contribution in [0.5, 0.6) is 0 Å². The number of aromatic nitrogens is 1. The summed E-state index contributed by atoms with van der Waals surface area (Å²) < 4.78 is 38.4. The molecule has 8 heteroatoms. The topological polar surface area (TPSA) is 56.0 Å². The van der Waals surface area contributed by atoms with Crippen LogP contribution in [0.25, 0.3) is 0 Å². The van der Waals surface area contributed by atoms with Gasteiger partial charge < -0.3 is 0 Å². The molecule has 2 aromatic rings. The molecule has 0 unspecified atom stereocenters. The van der Waals surface area contributed by atoms with Crippen molar-refractivity contribution in [1.29, 1.82) is 0 Å². The Labute approximate surface area is 115 Å². The predicted molar refractivity (Wildman–Crippen MR) is 66.5 cm³/mol. The van der Waals surface area contributed by atoms with Crippen LogP contribution in [-0.4, -0.2) is 9.91 Å². The molecule has 0 aliphatic carbocycles. The zero-order valence-electron chi connectivity index (χ0n) is 9.79. The van der Waals surface area contributed by atoms with Gasteiger partial charge in [0.1, 0.15) is 10.6 Å². The van der Waals surface area contributed by atoms with Gasteiger partial charge >= 0.3 is 6.18 Å². The van der Waals surface area contributed by atoms with Crippen LogP contribution in [0.2, 0.25) is 0 Å². The molecule has 0 amide bonds. The van der Waals surface area contributed by atoms with E-state index in [0.29, 0.717) is 5.03 Å². The molecular formula is C12H7F3N2O2S. The van der Waals surface area contributed by atoms with Crippen molar-refractivity contribution in [2.24, 2.45) is 0 Å². The minimum atomic E-state index is -4.77. The molecule has 1 heterocycles. The first-order valence-corrected chi connectivity index (χ1v) is 6.14. The SMILES string of the molecule is O=[N+]([O-])c1ccc(Sc2ccccn2)cc1C(F)(F)F. The lowest BCUT2D eigenvalue weighted by atomic mass is 10.2. The average Bonchev–Trinajstić information content (AvgIpc) is 2.38. The summed E-state index contributed by atoms with van der Waals surface area (Å²) in [5.74, 6) is 0. The van der Waals surface area contributed by atoms with Gasteiger partial charge in [0.25, 0.3) is 5.69 Å². The van der Waals surface area contributed by atoms with Gasteiger partial charge in [0.15, 0.2) is 0 Å². The third kappa shape index (κ3) is 3.27. The number of hydrogen-bond donors (Lipinski definition) is 0. The number of nitrogens with zero attached hydrogens (tertiary/aromatic N) is 2. The number of nitro benzene ring substituents is 1. The highest BCUT2D eigenvalue weighted by Crippen LogP contribution is 2.39. The van der Waals surface area contributed by atoms with Crippen molar-refractivity contribution in [3.63, 3.8) is 0 Å². The van der Waals surface area contributed by atoms with E-state index >= 15 is 0 Å². The first-order chi connectivity index (χ1) is 9.38. The van der Waals surface area contributed by atoms with E-state index < -0.39 is 22.4 Å². The van der Waals surface area contributed by atoms with Crippen molar-refractivity contribution in [1.82, 2.24) is 4.98 Å². The van der Waals surface area contributed by atoms with Gasteiger partial charge in [0.2, 0.25) is 0 Å². The van der Waals surface area contributed by atoms with E-state index in [4.69, 9.17) is 0 Å². The van der Waals surface area contributed by atoms with E-state index in [1.165, 1.54) is 12.3 Å². The second kappa shape index (κ2) is 5.49. The highest BCUT2D eigenvalue weighted by atomic mass is 32.2. The Morgan fingerprint density at radius 3 is 2.50 bits per heavy atom. The molecule has 0 fully saturated rings. The predicted octanol–water partition coefficient (Wildman–Crippen LogP) is 4.16. The Morgan fingerprint density at radius 1 is 1.20 bits per heavy atom. The average molecular weight is 300 g/mol. The first kappa shape index (κ1) is 14.3. The minimum absolute atomic E-state index is 0.238. The highest BCUT2D eigenvalue weighted by Gasteiger charge is 2.38. The van der Waals surface area contributed by atoms with E-state index in [1.54, 1.807) is 18.2 Å². The maximum atomic E-state index is 12.8. The second-order valence-corrected chi connectivity index (χ2v) is 4.80. The molecule has 0 spiro atoms. The number of nitro groups is 1. The molecule has 0 bridgehead atoms. The lowest BCUT2D eigenvalue weighted by molar-refractivity contribution is -0.388. The maximum Gasteiger partial charge on any atom is 0.423 e. The van der Waals surface area contributed by atoms with Crippen LogP contribution in [0, 0.1) is 10.1 Å². The molecule has 4 nitrogen and oxygen atoms in total. The Hall–Kier alpha value is -2.09. The summed E-state index contributed by atoms with van der Waals surface area (Å²) in [4.78, 5) is 13.8. The molecule has 0 saturated heterocycles. The maximum absolute atomic E-state index is 12.8. The van der Waals surface area contributed by atoms with Crippen LogP contribution in [-0.2, 0) is 6.18 Å². The molecule has 0 N–H and O–H groups in total. The number of pyridine rings is 1. The standard InChI is InChI=1S/C12H7F3N2O2S/c13-12(14,15)9-7-8(4-5-10(9)17(18)19)20-11-3-1-2-6-16-11/h1-7H. The van der Waals surface area contributed by atoms with Gasteiger partial charge in [-0.3, -0.25) is 10.1 Å². The monoisotopic (exact) mass is 300 g/mol. The van der Waals surface area contributed by atoms with E-state index in [-0.39, 0.29) is 4.90 Å². The molecule has 0 radical (unpaired) electrons. The molecule has 0 aliphatic heterocycles. The van der Waals surface area contributed by atoms with Gasteiger partial charge in [-0.05, 0) is 24.3 Å². The molecule has 0 atom stereocenters. The van der Waals surface area contributed by atoms with E-state index in [9.17, 15) is 23.3 Å². The summed E-state index contributed by atoms with van der Waals surface area (Å²) >= 11 is 1.00. The number of benzene rings is 1. The number of hydrogen-bond acceptors (Lipinski definition) is 4. The van der Waals surface area contributed by atoms with Crippen LogP contribution in [0.15, 0.2) is 52.5 Å². The number of alkyl halides is 3. The third-order valence-corrected chi connectivity index (χ3v) is 3.27. The summed E-state index contributed by atoms with van der Waals surface area (Å²) in [6.45, 7) is 0. The van der Waals surface area contributed by atoms with Gasteiger partial charge in [0, 0.05) is 17.2 Å². The summed E-state index contributed by atoms with van der Waals surface area (Å²) in [7, 11) is 0. The lowest BCUT2D eigenvalue weighted by Crippen LogP contribution is -2.08. The molecule has 20 heavy (non-hydrogen) atoms. The van der Waals surface area contributed by atoms with Crippen molar-refractivity contribution in [2.75, 3.05) is 0 Å². The quantitative estimate of drug-likeness (QED) is 0.631. The van der Waals surface area contributed by atoms with Crippen molar-refractivity contribution < 1.29 is 18.1 Å². The Balaban J connectivity index is 2.40. The van der Waals surface area contributed by atoms with Crippen molar-refractivity contribution in [2.45, 2.75) is 16.1 Å². The van der Waals surface area contributed by atoms with Crippen LogP contribution < -0.4 is 0 Å². The van der Waals surface area contributed by atoms with Gasteiger partial charge in [-0.1, -0.05) is 17.8 Å². The summed E-state index contributed by atoms with van der Waals surface area (Å²) in [6.07, 6.45) is -3.26. The number of rotatable bonds is 3. The largest absolute Gasteiger partial charge is 0.423 e. The summed E-state index contributed by atoms with van der Waals surface area (Å²) in [5, 5.41) is 11.1. The third-order valence-electron chi connectivity index (χ3n) is 2.33. The second-order valence-electron chi connectivity index (χ2n) is 3.70. The Bertz CT molecular complexity index is 632. The number of halogens is 3. The van der Waals surface area contributed by atoms with Crippen molar-refractivity contribution >= 4 is 17.4 Å². The van der Waals surface area contributed by atoms with Gasteiger partial charge in [-0.25, -0.2) is 4.98 Å². The molecular weight excluding hydrogens is 293 g/mol. The summed E-state index contributed by atoms with van der Waals surface area (Å²) in [5.41, 5.74) is -2.22. The Morgan fingerprint density at radius 2 is 1.95 bits per heavy atom. The highest BCUT2D eigenvalue weighted by molar-refractivity contribution is 7.99. The fourth-order valence-electron chi connectivity index (χ4n) is 1.49. The molecule has 0 aliphatic rings. The van der Waals surface area contributed by atoms with Crippen LogP contribution in [0.3, 0.4) is 0 Å². The normalized spacial score (nSPS) is 11.3. The zero-order valence-corrected chi connectivity index (χ0v) is 10.6. The molecule has 2 rings (SSSR count). The van der Waals surface area contributed by atoms with E-state index in [0.717, 1.165) is 23.9 Å². The fourth-order valence-corrected chi connectivity index (χ4v) is 2.31. The van der Waals surface area contributed by atoms with E-state index in [2.05, 4.69) is 4.98 Å². The van der Waals surface area contributed by atoms with E-state index in [1.807, 2.05) is 0 Å². The smallest absolute Gasteiger partial charge is 0.258 e. The van der Waals surface area contributed by atoms with Crippen LogP contribution >= 0.6 is 11.8 Å². The van der Waals surface area contributed by atoms with Crippen molar-refractivity contribution in [3.05, 3.63) is 58.3 Å². The van der Waals surface area contributed by atoms with Gasteiger partial charge in [0.05, 0.1) is 4.92 Å². The molecule has 0 saturated carbocycles. The summed E-state index contributed by atoms with van der Waals surface area (Å²) in [6, 6.07) is 7.91.